The van der Waals surface area contributed by atoms with E-state index < -0.39 is 28.5 Å². The number of amides is 2. The predicted molar refractivity (Wildman–Crippen MR) is 176 cm³/mol. The summed E-state index contributed by atoms with van der Waals surface area (Å²) in [5.41, 5.74) is 1.99. The molecule has 0 aliphatic carbocycles. The Hall–Kier alpha value is -4.15. The molecule has 0 aliphatic heterocycles. The maximum atomic E-state index is 14.4. The molecule has 4 rings (SSSR count). The van der Waals surface area contributed by atoms with Gasteiger partial charge in [-0.15, -0.1) is 0 Å². The van der Waals surface area contributed by atoms with Crippen LogP contribution in [0.2, 0.25) is 0 Å². The first-order valence-electron chi connectivity index (χ1n) is 14.3. The Morgan fingerprint density at radius 2 is 1.50 bits per heavy atom. The van der Waals surface area contributed by atoms with E-state index in [0.29, 0.717) is 18.0 Å². The summed E-state index contributed by atoms with van der Waals surface area (Å²) in [6, 6.07) is 30.6. The van der Waals surface area contributed by atoms with Crippen LogP contribution in [0.4, 0.5) is 5.69 Å². The minimum absolute atomic E-state index is 0.00928. The van der Waals surface area contributed by atoms with Gasteiger partial charge in [-0.1, -0.05) is 83.5 Å². The lowest BCUT2D eigenvalue weighted by molar-refractivity contribution is -0.140. The summed E-state index contributed by atoms with van der Waals surface area (Å²) in [5, 5.41) is 2.95. The zero-order valence-electron chi connectivity index (χ0n) is 24.7. The van der Waals surface area contributed by atoms with Crippen molar-refractivity contribution in [1.29, 1.82) is 0 Å². The SMILES string of the molecule is CCCNC(=O)C(Cc1ccccc1)N(Cc1cccc(Br)c1)C(=O)CN(c1ccccc1)S(=O)(=O)c1ccc(OC)cc1. The molecule has 2 amide bonds. The topological polar surface area (TPSA) is 96.0 Å². The Labute approximate surface area is 267 Å². The molecule has 1 atom stereocenters. The van der Waals surface area contributed by atoms with Crippen molar-refractivity contribution in [2.75, 3.05) is 24.5 Å². The van der Waals surface area contributed by atoms with Crippen molar-refractivity contribution in [3.05, 3.63) is 125 Å². The Morgan fingerprint density at radius 3 is 2.11 bits per heavy atom. The number of hydrogen-bond donors (Lipinski definition) is 1. The molecular formula is C34H36BrN3O5S. The van der Waals surface area contributed by atoms with Crippen LogP contribution in [0, 0.1) is 0 Å². The van der Waals surface area contributed by atoms with Crippen molar-refractivity contribution in [2.24, 2.45) is 0 Å². The third-order valence-corrected chi connectivity index (χ3v) is 9.31. The van der Waals surface area contributed by atoms with Gasteiger partial charge in [0.2, 0.25) is 11.8 Å². The maximum Gasteiger partial charge on any atom is 0.264 e. The highest BCUT2D eigenvalue weighted by molar-refractivity contribution is 9.10. The number of halogens is 1. The van der Waals surface area contributed by atoms with Gasteiger partial charge in [-0.2, -0.15) is 0 Å². The van der Waals surface area contributed by atoms with Crippen molar-refractivity contribution in [3.8, 4) is 5.75 Å². The highest BCUT2D eigenvalue weighted by Crippen LogP contribution is 2.26. The largest absolute Gasteiger partial charge is 0.497 e. The molecule has 1 N–H and O–H groups in total. The molecule has 0 radical (unpaired) electrons. The summed E-state index contributed by atoms with van der Waals surface area (Å²) in [5.74, 6) is -0.310. The van der Waals surface area contributed by atoms with E-state index in [1.165, 1.54) is 24.1 Å². The Morgan fingerprint density at radius 1 is 0.864 bits per heavy atom. The smallest absolute Gasteiger partial charge is 0.264 e. The predicted octanol–water partition coefficient (Wildman–Crippen LogP) is 5.82. The number of hydrogen-bond acceptors (Lipinski definition) is 5. The number of rotatable bonds is 14. The second-order valence-corrected chi connectivity index (χ2v) is 12.9. The summed E-state index contributed by atoms with van der Waals surface area (Å²) in [4.78, 5) is 29.6. The number of carbonyl (C=O) groups excluding carboxylic acids is 2. The van der Waals surface area contributed by atoms with Crippen molar-refractivity contribution in [3.63, 3.8) is 0 Å². The zero-order valence-corrected chi connectivity index (χ0v) is 27.1. The van der Waals surface area contributed by atoms with Gasteiger partial charge in [-0.3, -0.25) is 13.9 Å². The standard InChI is InChI=1S/C34H36BrN3O5S/c1-3-21-36-34(40)32(23-26-11-6-4-7-12-26)37(24-27-13-10-14-28(35)22-27)33(39)25-38(29-15-8-5-9-16-29)44(41,42)31-19-17-30(43-2)18-20-31/h4-20,22,32H,3,21,23-25H2,1-2H3,(H,36,40). The fourth-order valence-corrected chi connectivity index (χ4v) is 6.61. The number of carbonyl (C=O) groups is 2. The van der Waals surface area contributed by atoms with Crippen molar-refractivity contribution < 1.29 is 22.7 Å². The first-order chi connectivity index (χ1) is 21.2. The Bertz CT molecular complexity index is 1630. The Kier molecular flexibility index (Phi) is 11.6. The Balaban J connectivity index is 1.77. The molecule has 0 spiro atoms. The average Bonchev–Trinajstić information content (AvgIpc) is 3.04. The van der Waals surface area contributed by atoms with E-state index in [1.807, 2.05) is 61.5 Å². The number of methoxy groups -OCH3 is 1. The van der Waals surface area contributed by atoms with Crippen LogP contribution in [0.1, 0.15) is 24.5 Å². The van der Waals surface area contributed by atoms with E-state index in [9.17, 15) is 18.0 Å². The van der Waals surface area contributed by atoms with Gasteiger partial charge in [0.05, 0.1) is 17.7 Å². The van der Waals surface area contributed by atoms with Crippen molar-refractivity contribution in [1.82, 2.24) is 10.2 Å². The number of sulfonamides is 1. The number of benzene rings is 4. The molecule has 4 aromatic carbocycles. The van der Waals surface area contributed by atoms with Crippen LogP contribution in [0.25, 0.3) is 0 Å². The van der Waals surface area contributed by atoms with E-state index in [4.69, 9.17) is 4.74 Å². The van der Waals surface area contributed by atoms with Crippen LogP contribution in [0.3, 0.4) is 0 Å². The fraction of sp³-hybridized carbons (Fsp3) is 0.235. The second-order valence-electron chi connectivity index (χ2n) is 10.2. The lowest BCUT2D eigenvalue weighted by atomic mass is 10.0. The van der Waals surface area contributed by atoms with E-state index >= 15 is 0 Å². The van der Waals surface area contributed by atoms with Gasteiger partial charge in [-0.05, 0) is 66.1 Å². The second kappa shape index (κ2) is 15.5. The van der Waals surface area contributed by atoms with Gasteiger partial charge in [0.1, 0.15) is 18.3 Å². The average molecular weight is 679 g/mol. The fourth-order valence-electron chi connectivity index (χ4n) is 4.75. The number of para-hydroxylation sites is 1. The van der Waals surface area contributed by atoms with Crippen molar-refractivity contribution >= 4 is 43.5 Å². The quantitative estimate of drug-likeness (QED) is 0.182. The van der Waals surface area contributed by atoms with Crippen LogP contribution in [-0.2, 0) is 32.6 Å². The van der Waals surface area contributed by atoms with E-state index in [0.717, 1.165) is 26.3 Å². The molecule has 10 heteroatoms. The minimum atomic E-state index is -4.18. The van der Waals surface area contributed by atoms with Crippen LogP contribution < -0.4 is 14.4 Å². The lowest BCUT2D eigenvalue weighted by Crippen LogP contribution is -2.53. The number of ether oxygens (including phenoxy) is 1. The highest BCUT2D eigenvalue weighted by atomic mass is 79.9. The van der Waals surface area contributed by atoms with Crippen LogP contribution in [0.5, 0.6) is 5.75 Å². The molecular weight excluding hydrogens is 642 g/mol. The monoisotopic (exact) mass is 677 g/mol. The third kappa shape index (κ3) is 8.48. The van der Waals surface area contributed by atoms with Crippen molar-refractivity contribution in [2.45, 2.75) is 37.2 Å². The first-order valence-corrected chi connectivity index (χ1v) is 16.5. The summed E-state index contributed by atoms with van der Waals surface area (Å²) >= 11 is 3.50. The molecule has 230 valence electrons. The number of anilines is 1. The third-order valence-electron chi connectivity index (χ3n) is 7.03. The molecule has 44 heavy (non-hydrogen) atoms. The molecule has 0 aromatic heterocycles. The van der Waals surface area contributed by atoms with Crippen LogP contribution >= 0.6 is 15.9 Å². The molecule has 0 fully saturated rings. The molecule has 1 unspecified atom stereocenters. The van der Waals surface area contributed by atoms with Crippen LogP contribution in [0.15, 0.2) is 119 Å². The molecule has 0 bridgehead atoms. The summed E-state index contributed by atoms with van der Waals surface area (Å²) in [7, 11) is -2.68. The summed E-state index contributed by atoms with van der Waals surface area (Å²) in [6.07, 6.45) is 0.984. The molecule has 8 nitrogen and oxygen atoms in total. The number of nitrogens with one attached hydrogen (secondary N) is 1. The van der Waals surface area contributed by atoms with Gasteiger partial charge in [0.15, 0.2) is 0 Å². The normalized spacial score (nSPS) is 11.8. The molecule has 0 saturated heterocycles. The molecule has 0 saturated carbocycles. The van der Waals surface area contributed by atoms with Crippen LogP contribution in [-0.4, -0.2) is 51.4 Å². The minimum Gasteiger partial charge on any atom is -0.497 e. The molecule has 0 heterocycles. The zero-order chi connectivity index (χ0) is 31.5. The maximum absolute atomic E-state index is 14.4. The van der Waals surface area contributed by atoms with E-state index in [1.54, 1.807) is 42.5 Å². The summed E-state index contributed by atoms with van der Waals surface area (Å²) < 4.78 is 35.2. The number of nitrogens with zero attached hydrogens (tertiary/aromatic N) is 2. The first kappa shape index (κ1) is 32.8. The van der Waals surface area contributed by atoms with Gasteiger partial charge in [0.25, 0.3) is 10.0 Å². The van der Waals surface area contributed by atoms with E-state index in [2.05, 4.69) is 21.2 Å². The highest BCUT2D eigenvalue weighted by Gasteiger charge is 2.34. The van der Waals surface area contributed by atoms with Gasteiger partial charge in [0, 0.05) is 24.0 Å². The van der Waals surface area contributed by atoms with Gasteiger partial charge >= 0.3 is 0 Å². The van der Waals surface area contributed by atoms with E-state index in [-0.39, 0.29) is 23.8 Å². The summed E-state index contributed by atoms with van der Waals surface area (Å²) in [6.45, 7) is 1.99. The lowest BCUT2D eigenvalue weighted by Gasteiger charge is -2.34. The van der Waals surface area contributed by atoms with Gasteiger partial charge < -0.3 is 15.0 Å². The van der Waals surface area contributed by atoms with Gasteiger partial charge in [-0.25, -0.2) is 8.42 Å². The molecule has 0 aliphatic rings. The molecule has 4 aromatic rings.